The Morgan fingerprint density at radius 2 is 2.15 bits per heavy atom. The summed E-state index contributed by atoms with van der Waals surface area (Å²) in [5.74, 6) is -0.579. The van der Waals surface area contributed by atoms with Crippen molar-refractivity contribution in [2.75, 3.05) is 18.2 Å². The van der Waals surface area contributed by atoms with Crippen LogP contribution in [0, 0.1) is 5.92 Å². The Morgan fingerprint density at radius 3 is 2.85 bits per heavy atom. The van der Waals surface area contributed by atoms with Crippen molar-refractivity contribution in [2.24, 2.45) is 10.9 Å². The van der Waals surface area contributed by atoms with Crippen molar-refractivity contribution in [3.05, 3.63) is 35.7 Å². The zero-order chi connectivity index (χ0) is 18.8. The lowest BCUT2D eigenvalue weighted by Gasteiger charge is -2.14. The Labute approximate surface area is 151 Å². The van der Waals surface area contributed by atoms with E-state index in [9.17, 15) is 9.59 Å². The van der Waals surface area contributed by atoms with Crippen LogP contribution in [0.4, 0.5) is 17.1 Å². The van der Waals surface area contributed by atoms with Crippen molar-refractivity contribution in [1.82, 2.24) is 4.98 Å². The lowest BCUT2D eigenvalue weighted by atomic mass is 10.0. The molecule has 26 heavy (non-hydrogen) atoms. The van der Waals surface area contributed by atoms with Crippen LogP contribution in [0.25, 0.3) is 10.9 Å². The molecule has 0 spiro atoms. The highest BCUT2D eigenvalue weighted by Crippen LogP contribution is 2.41. The minimum atomic E-state index is -0.303. The maximum Gasteiger partial charge on any atom is 0.227 e. The summed E-state index contributed by atoms with van der Waals surface area (Å²) >= 11 is 0. The van der Waals surface area contributed by atoms with Crippen LogP contribution in [0.15, 0.2) is 29.5 Å². The number of hydrogen-bond acceptors (Lipinski definition) is 6. The number of hydrogen-bond donors (Lipinski definition) is 2. The maximum absolute atomic E-state index is 12.3. The van der Waals surface area contributed by atoms with E-state index in [-0.39, 0.29) is 23.3 Å². The number of carbonyl (C=O) groups excluding carboxylic acids is 2. The van der Waals surface area contributed by atoms with Crippen LogP contribution in [-0.4, -0.2) is 30.0 Å². The van der Waals surface area contributed by atoms with Crippen LogP contribution in [0.3, 0.4) is 0 Å². The monoisotopic (exact) mass is 352 g/mol. The third-order valence-electron chi connectivity index (χ3n) is 4.37. The molecule has 1 aromatic heterocycles. The summed E-state index contributed by atoms with van der Waals surface area (Å²) in [7, 11) is 1.46. The Bertz CT molecular complexity index is 963. The maximum atomic E-state index is 12.3. The minimum Gasteiger partial charge on any atom is -0.504 e. The van der Waals surface area contributed by atoms with Crippen molar-refractivity contribution in [3.63, 3.8) is 0 Å². The van der Waals surface area contributed by atoms with Crippen molar-refractivity contribution >= 4 is 45.9 Å². The lowest BCUT2D eigenvalue weighted by molar-refractivity contribution is -0.119. The number of allylic oxidation sites excluding steroid dienone is 1. The van der Waals surface area contributed by atoms with Gasteiger partial charge in [0.15, 0.2) is 0 Å². The molecule has 7 nitrogen and oxygen atoms in total. The first-order valence-corrected chi connectivity index (χ1v) is 8.32. The number of nitrogens with zero attached hydrogens (tertiary/aromatic N) is 2. The molecule has 1 aliphatic rings. The van der Waals surface area contributed by atoms with Gasteiger partial charge in [-0.2, -0.15) is 0 Å². The molecule has 0 saturated heterocycles. The summed E-state index contributed by atoms with van der Waals surface area (Å²) in [6.45, 7) is 3.79. The molecule has 1 aromatic carbocycles. The van der Waals surface area contributed by atoms with E-state index in [1.165, 1.54) is 19.4 Å². The normalized spacial score (nSPS) is 13.3. The average molecular weight is 352 g/mol. The lowest BCUT2D eigenvalue weighted by Crippen LogP contribution is -2.20. The molecule has 134 valence electrons. The van der Waals surface area contributed by atoms with Crippen LogP contribution in [0.1, 0.15) is 36.3 Å². The largest absolute Gasteiger partial charge is 0.504 e. The summed E-state index contributed by atoms with van der Waals surface area (Å²) < 4.78 is 4.79. The molecule has 1 atom stereocenters. The van der Waals surface area contributed by atoms with Crippen LogP contribution >= 0.6 is 0 Å². The fourth-order valence-corrected chi connectivity index (χ4v) is 2.70. The number of nitrogen functional groups attached to an aromatic ring is 1. The molecule has 0 aliphatic carbocycles. The number of carbonyl (C=O) groups is 2. The number of aliphatic imine (C=N–C) groups is 1. The first kappa shape index (κ1) is 17.6. The van der Waals surface area contributed by atoms with E-state index in [1.807, 2.05) is 13.8 Å². The fraction of sp³-hybridized carbons (Fsp3) is 0.263. The number of nitrogens with two attached hydrogens (primary N) is 1. The van der Waals surface area contributed by atoms with E-state index in [0.29, 0.717) is 29.0 Å². The Hall–Kier alpha value is -3.22. The fourth-order valence-electron chi connectivity index (χ4n) is 2.70. The number of rotatable bonds is 6. The standard InChI is InChI=1S/C19H20N4O3/c1-4-10(2)19(25)23-14-8-12(20)17-16-11(9-21-17)7-13(22-18(14)16)15(24)5-6-26-3/h5-10H,4,20H2,1-3H3,(H,23,25). The van der Waals surface area contributed by atoms with Gasteiger partial charge in [0.2, 0.25) is 11.7 Å². The first-order valence-electron chi connectivity index (χ1n) is 8.32. The number of pyridine rings is 1. The van der Waals surface area contributed by atoms with Gasteiger partial charge in [-0.3, -0.25) is 14.6 Å². The molecule has 0 saturated carbocycles. The predicted molar refractivity (Wildman–Crippen MR) is 102 cm³/mol. The van der Waals surface area contributed by atoms with E-state index >= 15 is 0 Å². The molecule has 3 rings (SSSR count). The highest BCUT2D eigenvalue weighted by Gasteiger charge is 2.22. The molecule has 0 fully saturated rings. The second-order valence-corrected chi connectivity index (χ2v) is 6.14. The van der Waals surface area contributed by atoms with Gasteiger partial charge in [0, 0.05) is 29.2 Å². The molecular formula is C19H20N4O3. The SMILES string of the molecule is CCC(C)C(=O)Nc1cc(N)c2c3c(cc(C(=O)C=COC)nc13)C=N2. The van der Waals surface area contributed by atoms with Gasteiger partial charge < -0.3 is 15.8 Å². The highest BCUT2D eigenvalue weighted by molar-refractivity contribution is 6.19. The van der Waals surface area contributed by atoms with Crippen LogP contribution in [0.5, 0.6) is 0 Å². The summed E-state index contributed by atoms with van der Waals surface area (Å²) in [6.07, 6.45) is 4.95. The van der Waals surface area contributed by atoms with Gasteiger partial charge in [-0.25, -0.2) is 4.98 Å². The second kappa shape index (κ2) is 6.95. The number of amides is 1. The second-order valence-electron chi connectivity index (χ2n) is 6.14. The number of methoxy groups -OCH3 is 1. The van der Waals surface area contributed by atoms with E-state index in [4.69, 9.17) is 10.5 Å². The smallest absolute Gasteiger partial charge is 0.227 e. The molecule has 1 aliphatic heterocycles. The molecule has 3 N–H and O–H groups in total. The van der Waals surface area contributed by atoms with Crippen LogP contribution < -0.4 is 11.1 Å². The zero-order valence-corrected chi connectivity index (χ0v) is 14.9. The van der Waals surface area contributed by atoms with Gasteiger partial charge in [-0.15, -0.1) is 0 Å². The Kier molecular flexibility index (Phi) is 4.71. The van der Waals surface area contributed by atoms with Crippen molar-refractivity contribution in [3.8, 4) is 0 Å². The quantitative estimate of drug-likeness (QED) is 0.307. The summed E-state index contributed by atoms with van der Waals surface area (Å²) in [5.41, 5.74) is 9.10. The van der Waals surface area contributed by atoms with Crippen molar-refractivity contribution < 1.29 is 14.3 Å². The number of anilines is 2. The van der Waals surface area contributed by atoms with Gasteiger partial charge in [-0.05, 0) is 18.6 Å². The van der Waals surface area contributed by atoms with E-state index in [0.717, 1.165) is 10.9 Å². The molecule has 1 amide bonds. The molecule has 1 unspecified atom stereocenters. The van der Waals surface area contributed by atoms with Gasteiger partial charge in [0.05, 0.1) is 36.0 Å². The average Bonchev–Trinajstić information content (AvgIpc) is 3.07. The van der Waals surface area contributed by atoms with Gasteiger partial charge in [-0.1, -0.05) is 13.8 Å². The van der Waals surface area contributed by atoms with Gasteiger partial charge >= 0.3 is 0 Å². The number of ketones is 1. The Morgan fingerprint density at radius 1 is 1.38 bits per heavy atom. The molecule has 0 bridgehead atoms. The van der Waals surface area contributed by atoms with Crippen molar-refractivity contribution in [1.29, 1.82) is 0 Å². The highest BCUT2D eigenvalue weighted by atomic mass is 16.5. The molecule has 2 aromatic rings. The minimum absolute atomic E-state index is 0.125. The summed E-state index contributed by atoms with van der Waals surface area (Å²) in [5, 5.41) is 3.61. The van der Waals surface area contributed by atoms with Gasteiger partial charge in [0.1, 0.15) is 5.69 Å². The van der Waals surface area contributed by atoms with Crippen molar-refractivity contribution in [2.45, 2.75) is 20.3 Å². The van der Waals surface area contributed by atoms with E-state index in [1.54, 1.807) is 18.3 Å². The predicted octanol–water partition coefficient (Wildman–Crippen LogP) is 3.21. The number of benzene rings is 1. The zero-order valence-electron chi connectivity index (χ0n) is 14.9. The third kappa shape index (κ3) is 3.03. The number of nitrogens with one attached hydrogen (secondary N) is 1. The molecule has 0 radical (unpaired) electrons. The number of ether oxygens (including phenoxy) is 1. The first-order chi connectivity index (χ1) is 12.5. The van der Waals surface area contributed by atoms with Crippen LogP contribution in [-0.2, 0) is 9.53 Å². The van der Waals surface area contributed by atoms with E-state index in [2.05, 4.69) is 15.3 Å². The third-order valence-corrected chi connectivity index (χ3v) is 4.37. The number of aromatic nitrogens is 1. The van der Waals surface area contributed by atoms with Crippen LogP contribution in [0.2, 0.25) is 0 Å². The van der Waals surface area contributed by atoms with E-state index < -0.39 is 0 Å². The molecular weight excluding hydrogens is 332 g/mol. The molecule has 2 heterocycles. The topological polar surface area (TPSA) is 107 Å². The molecule has 7 heteroatoms. The Balaban J connectivity index is 2.15. The summed E-state index contributed by atoms with van der Waals surface area (Å²) in [4.78, 5) is 33.4. The summed E-state index contributed by atoms with van der Waals surface area (Å²) in [6, 6.07) is 3.29. The van der Waals surface area contributed by atoms with Gasteiger partial charge in [0.25, 0.3) is 0 Å².